The molecule has 0 saturated heterocycles. The summed E-state index contributed by atoms with van der Waals surface area (Å²) in [5.41, 5.74) is 0.977. The predicted octanol–water partition coefficient (Wildman–Crippen LogP) is 4.40. The van der Waals surface area contributed by atoms with Gasteiger partial charge in [-0.05, 0) is 25.5 Å². The van der Waals surface area contributed by atoms with E-state index in [1.165, 1.54) is 12.1 Å². The topological polar surface area (TPSA) is 43.4 Å². The number of rotatable bonds is 10. The van der Waals surface area contributed by atoms with Gasteiger partial charge in [0.1, 0.15) is 6.17 Å². The normalized spacial score (nSPS) is 13.3. The molecule has 0 spiro atoms. The Bertz CT molecular complexity index is 497. The third-order valence-electron chi connectivity index (χ3n) is 3.35. The van der Waals surface area contributed by atoms with Gasteiger partial charge in [-0.3, -0.25) is 4.18 Å². The number of alkyl halides is 1. The first-order valence-corrected chi connectivity index (χ1v) is 8.96. The molecule has 1 aromatic carbocycles. The molecule has 0 aliphatic rings. The van der Waals surface area contributed by atoms with Crippen molar-refractivity contribution in [2.24, 2.45) is 0 Å². The number of aryl methyl sites for hydroxylation is 1. The molecule has 21 heavy (non-hydrogen) atoms. The van der Waals surface area contributed by atoms with E-state index in [1.807, 2.05) is 6.92 Å². The molecule has 0 heterocycles. The van der Waals surface area contributed by atoms with Gasteiger partial charge in [-0.1, -0.05) is 50.3 Å². The van der Waals surface area contributed by atoms with Crippen molar-refractivity contribution in [3.63, 3.8) is 0 Å². The SMILES string of the molecule is CCCCCCC(F)CCOS(=O)(=O)c1ccc(C)cc1. The summed E-state index contributed by atoms with van der Waals surface area (Å²) in [6.07, 6.45) is 3.72. The van der Waals surface area contributed by atoms with Crippen LogP contribution < -0.4 is 0 Å². The number of benzene rings is 1. The van der Waals surface area contributed by atoms with Gasteiger partial charge in [-0.25, -0.2) is 4.39 Å². The van der Waals surface area contributed by atoms with Crippen molar-refractivity contribution in [3.05, 3.63) is 29.8 Å². The summed E-state index contributed by atoms with van der Waals surface area (Å²) in [4.78, 5) is 0.117. The molecule has 0 bridgehead atoms. The minimum atomic E-state index is -3.77. The first-order valence-electron chi connectivity index (χ1n) is 7.56. The van der Waals surface area contributed by atoms with Crippen molar-refractivity contribution in [1.29, 1.82) is 0 Å². The van der Waals surface area contributed by atoms with Gasteiger partial charge in [-0.15, -0.1) is 0 Å². The van der Waals surface area contributed by atoms with E-state index in [4.69, 9.17) is 4.18 Å². The summed E-state index contributed by atoms with van der Waals surface area (Å²) < 4.78 is 42.2. The average molecular weight is 316 g/mol. The van der Waals surface area contributed by atoms with Gasteiger partial charge in [0.25, 0.3) is 10.1 Å². The van der Waals surface area contributed by atoms with Gasteiger partial charge in [0, 0.05) is 6.42 Å². The van der Waals surface area contributed by atoms with Crippen molar-refractivity contribution in [3.8, 4) is 0 Å². The summed E-state index contributed by atoms with van der Waals surface area (Å²) in [5, 5.41) is 0. The van der Waals surface area contributed by atoms with Crippen molar-refractivity contribution >= 4 is 10.1 Å². The first kappa shape index (κ1) is 18.1. The fraction of sp³-hybridized carbons (Fsp3) is 0.625. The van der Waals surface area contributed by atoms with E-state index in [1.54, 1.807) is 12.1 Å². The molecule has 0 aliphatic heterocycles. The average Bonchev–Trinajstić information content (AvgIpc) is 2.44. The fourth-order valence-corrected chi connectivity index (χ4v) is 2.92. The minimum Gasteiger partial charge on any atom is -0.266 e. The summed E-state index contributed by atoms with van der Waals surface area (Å²) >= 11 is 0. The molecule has 5 heteroatoms. The molecule has 0 aromatic heterocycles. The zero-order chi connectivity index (χ0) is 15.7. The second kappa shape index (κ2) is 9.15. The molecule has 1 atom stereocenters. The van der Waals surface area contributed by atoms with Gasteiger partial charge >= 0.3 is 0 Å². The maximum absolute atomic E-state index is 13.6. The molecule has 0 radical (unpaired) electrons. The largest absolute Gasteiger partial charge is 0.296 e. The third-order valence-corrected chi connectivity index (χ3v) is 4.68. The maximum atomic E-state index is 13.6. The lowest BCUT2D eigenvalue weighted by atomic mass is 10.1. The van der Waals surface area contributed by atoms with Gasteiger partial charge < -0.3 is 0 Å². The van der Waals surface area contributed by atoms with Crippen molar-refractivity contribution in [2.45, 2.75) is 63.4 Å². The van der Waals surface area contributed by atoms with Gasteiger partial charge in [0.2, 0.25) is 0 Å². The van der Waals surface area contributed by atoms with Gasteiger partial charge in [0.15, 0.2) is 0 Å². The van der Waals surface area contributed by atoms with Crippen LogP contribution in [0, 0.1) is 6.92 Å². The van der Waals surface area contributed by atoms with E-state index in [9.17, 15) is 12.8 Å². The fourth-order valence-electron chi connectivity index (χ4n) is 2.00. The number of halogens is 1. The number of unbranched alkanes of at least 4 members (excludes halogenated alkanes) is 3. The molecule has 1 rings (SSSR count). The van der Waals surface area contributed by atoms with Crippen LogP contribution >= 0.6 is 0 Å². The monoisotopic (exact) mass is 316 g/mol. The molecule has 0 amide bonds. The van der Waals surface area contributed by atoms with E-state index in [0.717, 1.165) is 31.2 Å². The molecule has 0 fully saturated rings. The molecule has 0 N–H and O–H groups in total. The zero-order valence-electron chi connectivity index (χ0n) is 12.8. The van der Waals surface area contributed by atoms with E-state index in [-0.39, 0.29) is 17.9 Å². The van der Waals surface area contributed by atoms with Crippen molar-refractivity contribution in [2.75, 3.05) is 6.61 Å². The molecular weight excluding hydrogens is 291 g/mol. The molecular formula is C16H25FO3S. The highest BCUT2D eigenvalue weighted by molar-refractivity contribution is 7.86. The Labute approximate surface area is 127 Å². The van der Waals surface area contributed by atoms with Crippen molar-refractivity contribution in [1.82, 2.24) is 0 Å². The predicted molar refractivity (Wildman–Crippen MR) is 82.6 cm³/mol. The van der Waals surface area contributed by atoms with Crippen LogP contribution in [0.4, 0.5) is 4.39 Å². The van der Waals surface area contributed by atoms with Crippen LogP contribution in [0.2, 0.25) is 0 Å². The van der Waals surface area contributed by atoms with Gasteiger partial charge in [-0.2, -0.15) is 8.42 Å². The minimum absolute atomic E-state index is 0.106. The second-order valence-electron chi connectivity index (χ2n) is 5.32. The molecule has 1 aromatic rings. The van der Waals surface area contributed by atoms with Crippen LogP contribution in [0.15, 0.2) is 29.2 Å². The molecule has 1 unspecified atom stereocenters. The van der Waals surface area contributed by atoms with Crippen LogP contribution in [-0.2, 0) is 14.3 Å². The number of hydrogen-bond donors (Lipinski definition) is 0. The Hall–Kier alpha value is -0.940. The smallest absolute Gasteiger partial charge is 0.266 e. The summed E-state index contributed by atoms with van der Waals surface area (Å²) in [6.45, 7) is 3.88. The zero-order valence-corrected chi connectivity index (χ0v) is 13.7. The summed E-state index contributed by atoms with van der Waals surface area (Å²) in [5.74, 6) is 0. The first-order chi connectivity index (χ1) is 9.95. The van der Waals surface area contributed by atoms with Crippen molar-refractivity contribution < 1.29 is 17.0 Å². The van der Waals surface area contributed by atoms with E-state index in [0.29, 0.717) is 6.42 Å². The quantitative estimate of drug-likeness (QED) is 0.475. The Morgan fingerprint density at radius 3 is 2.38 bits per heavy atom. The van der Waals surface area contributed by atoms with Crippen LogP contribution in [-0.4, -0.2) is 21.2 Å². The lowest BCUT2D eigenvalue weighted by Crippen LogP contribution is -2.11. The maximum Gasteiger partial charge on any atom is 0.296 e. The molecule has 0 aliphatic carbocycles. The standard InChI is InChI=1S/C16H25FO3S/c1-3-4-5-6-7-15(17)12-13-20-21(18,19)16-10-8-14(2)9-11-16/h8-11,15H,3-7,12-13H2,1-2H3. The summed E-state index contributed by atoms with van der Waals surface area (Å²) in [6, 6.07) is 6.43. The Kier molecular flexibility index (Phi) is 7.89. The van der Waals surface area contributed by atoms with Crippen LogP contribution in [0.5, 0.6) is 0 Å². The molecule has 3 nitrogen and oxygen atoms in total. The van der Waals surface area contributed by atoms with Crippen LogP contribution in [0.1, 0.15) is 51.0 Å². The third kappa shape index (κ3) is 7.05. The Morgan fingerprint density at radius 1 is 1.10 bits per heavy atom. The Balaban J connectivity index is 2.32. The molecule has 120 valence electrons. The highest BCUT2D eigenvalue weighted by Gasteiger charge is 2.16. The second-order valence-corrected chi connectivity index (χ2v) is 6.94. The van der Waals surface area contributed by atoms with E-state index in [2.05, 4.69) is 6.92 Å². The lowest BCUT2D eigenvalue weighted by Gasteiger charge is -2.09. The van der Waals surface area contributed by atoms with Crippen LogP contribution in [0.25, 0.3) is 0 Å². The van der Waals surface area contributed by atoms with Gasteiger partial charge in [0.05, 0.1) is 11.5 Å². The van der Waals surface area contributed by atoms with Crippen LogP contribution in [0.3, 0.4) is 0 Å². The molecule has 0 saturated carbocycles. The number of hydrogen-bond acceptors (Lipinski definition) is 3. The summed E-state index contributed by atoms with van der Waals surface area (Å²) in [7, 11) is -3.77. The van der Waals surface area contributed by atoms with E-state index < -0.39 is 16.3 Å². The Morgan fingerprint density at radius 2 is 1.76 bits per heavy atom. The highest BCUT2D eigenvalue weighted by atomic mass is 32.2. The highest BCUT2D eigenvalue weighted by Crippen LogP contribution is 2.15. The lowest BCUT2D eigenvalue weighted by molar-refractivity contribution is 0.226. The van der Waals surface area contributed by atoms with E-state index >= 15 is 0 Å².